The number of hydrogen-bond donors (Lipinski definition) is 2. The van der Waals surface area contributed by atoms with Gasteiger partial charge in [-0.1, -0.05) is 18.2 Å². The summed E-state index contributed by atoms with van der Waals surface area (Å²) in [6, 6.07) is 14.0. The zero-order valence-corrected chi connectivity index (χ0v) is 12.8. The predicted octanol–water partition coefficient (Wildman–Crippen LogP) is 3.62. The fraction of sp³-hybridized carbons (Fsp3) is 0.294. The smallest absolute Gasteiger partial charge is 0.124 e. The summed E-state index contributed by atoms with van der Waals surface area (Å²) in [6.45, 7) is 3.38. The Kier molecular flexibility index (Phi) is 4.48. The molecule has 0 aliphatic carbocycles. The summed E-state index contributed by atoms with van der Waals surface area (Å²) in [5.41, 5.74) is 3.21. The zero-order valence-electron chi connectivity index (χ0n) is 12.0. The normalized spacial score (nSPS) is 15.5. The summed E-state index contributed by atoms with van der Waals surface area (Å²) >= 11 is 1.14. The van der Waals surface area contributed by atoms with Crippen molar-refractivity contribution in [2.45, 2.75) is 24.3 Å². The molecule has 0 radical (unpaired) electrons. The van der Waals surface area contributed by atoms with Crippen LogP contribution < -0.4 is 5.14 Å². The maximum Gasteiger partial charge on any atom is 0.124 e. The molecule has 0 aromatic heterocycles. The molecule has 0 amide bonds. The van der Waals surface area contributed by atoms with Gasteiger partial charge in [-0.25, -0.2) is 0 Å². The molecular weight excluding hydrogens is 280 g/mol. The second-order valence-electron chi connectivity index (χ2n) is 5.48. The molecule has 1 heterocycles. The van der Waals surface area contributed by atoms with Crippen molar-refractivity contribution in [2.24, 2.45) is 5.14 Å². The molecule has 0 unspecified atom stereocenters. The molecule has 3 nitrogen and oxygen atoms in total. The molecule has 1 saturated heterocycles. The van der Waals surface area contributed by atoms with Crippen LogP contribution in [0.5, 0.6) is 5.75 Å². The third-order valence-electron chi connectivity index (χ3n) is 3.95. The van der Waals surface area contributed by atoms with Crippen LogP contribution in [0.4, 0.5) is 0 Å². The van der Waals surface area contributed by atoms with Gasteiger partial charge in [-0.05, 0) is 73.3 Å². The van der Waals surface area contributed by atoms with Crippen molar-refractivity contribution in [1.29, 1.82) is 0 Å². The standard InChI is InChI=1S/C17H20N2OS/c18-21-15-6-7-16(17(20)11-15)14-5-3-4-13(10-14)12-19-8-1-2-9-19/h3-7,10-11,20H,1-2,8-9,12,18H2. The van der Waals surface area contributed by atoms with Gasteiger partial charge in [0.05, 0.1) is 0 Å². The number of nitrogens with zero attached hydrogens (tertiary/aromatic N) is 1. The van der Waals surface area contributed by atoms with Crippen molar-refractivity contribution >= 4 is 11.9 Å². The van der Waals surface area contributed by atoms with Gasteiger partial charge in [0.25, 0.3) is 0 Å². The van der Waals surface area contributed by atoms with Gasteiger partial charge in [0, 0.05) is 17.0 Å². The number of aromatic hydroxyl groups is 1. The van der Waals surface area contributed by atoms with E-state index in [1.165, 1.54) is 31.5 Å². The average molecular weight is 300 g/mol. The Bertz CT molecular complexity index is 624. The second-order valence-corrected chi connectivity index (χ2v) is 6.19. The van der Waals surface area contributed by atoms with E-state index >= 15 is 0 Å². The first-order valence-corrected chi connectivity index (χ1v) is 8.15. The van der Waals surface area contributed by atoms with Crippen LogP contribution in [0.3, 0.4) is 0 Å². The summed E-state index contributed by atoms with van der Waals surface area (Å²) < 4.78 is 0. The van der Waals surface area contributed by atoms with E-state index in [9.17, 15) is 5.11 Å². The summed E-state index contributed by atoms with van der Waals surface area (Å²) in [5, 5.41) is 15.7. The Morgan fingerprint density at radius 2 is 1.90 bits per heavy atom. The lowest BCUT2D eigenvalue weighted by atomic mass is 10.0. The fourth-order valence-corrected chi connectivity index (χ4v) is 3.19. The van der Waals surface area contributed by atoms with Crippen LogP contribution in [0, 0.1) is 0 Å². The van der Waals surface area contributed by atoms with Crippen molar-refractivity contribution in [3.8, 4) is 16.9 Å². The van der Waals surface area contributed by atoms with E-state index in [-0.39, 0.29) is 5.75 Å². The van der Waals surface area contributed by atoms with Crippen molar-refractivity contribution in [3.63, 3.8) is 0 Å². The van der Waals surface area contributed by atoms with E-state index in [1.54, 1.807) is 6.07 Å². The molecule has 3 rings (SSSR count). The number of phenols is 1. The maximum absolute atomic E-state index is 10.2. The number of likely N-dealkylation sites (tertiary alicyclic amines) is 1. The van der Waals surface area contributed by atoms with E-state index in [0.717, 1.165) is 34.5 Å². The molecule has 1 aliphatic heterocycles. The van der Waals surface area contributed by atoms with Crippen LogP contribution in [0.2, 0.25) is 0 Å². The van der Waals surface area contributed by atoms with Gasteiger partial charge >= 0.3 is 0 Å². The molecule has 0 bridgehead atoms. The third-order valence-corrected chi connectivity index (χ3v) is 4.47. The highest BCUT2D eigenvalue weighted by Gasteiger charge is 2.12. The molecular formula is C17H20N2OS. The van der Waals surface area contributed by atoms with Gasteiger partial charge in [-0.15, -0.1) is 0 Å². The van der Waals surface area contributed by atoms with E-state index in [2.05, 4.69) is 23.1 Å². The predicted molar refractivity (Wildman–Crippen MR) is 88.1 cm³/mol. The topological polar surface area (TPSA) is 49.5 Å². The molecule has 0 saturated carbocycles. The fourth-order valence-electron chi connectivity index (χ4n) is 2.87. The van der Waals surface area contributed by atoms with Crippen molar-refractivity contribution < 1.29 is 5.11 Å². The molecule has 2 aromatic carbocycles. The van der Waals surface area contributed by atoms with Gasteiger partial charge in [0.2, 0.25) is 0 Å². The average Bonchev–Trinajstić information content (AvgIpc) is 3.00. The molecule has 21 heavy (non-hydrogen) atoms. The molecule has 110 valence electrons. The molecule has 1 aliphatic rings. The highest BCUT2D eigenvalue weighted by molar-refractivity contribution is 7.97. The monoisotopic (exact) mass is 300 g/mol. The van der Waals surface area contributed by atoms with E-state index in [0.29, 0.717) is 0 Å². The van der Waals surface area contributed by atoms with Gasteiger partial charge in [0.15, 0.2) is 0 Å². The first-order valence-electron chi connectivity index (χ1n) is 7.28. The highest BCUT2D eigenvalue weighted by Crippen LogP contribution is 2.32. The Labute approximate surface area is 129 Å². The van der Waals surface area contributed by atoms with Crippen LogP contribution in [-0.2, 0) is 6.54 Å². The first-order chi connectivity index (χ1) is 10.3. The number of phenolic OH excluding ortho intramolecular Hbond substituents is 1. The quantitative estimate of drug-likeness (QED) is 0.847. The lowest BCUT2D eigenvalue weighted by molar-refractivity contribution is 0.331. The van der Waals surface area contributed by atoms with E-state index in [1.807, 2.05) is 18.2 Å². The Hall–Kier alpha value is -1.49. The summed E-state index contributed by atoms with van der Waals surface area (Å²) in [7, 11) is 0. The zero-order chi connectivity index (χ0) is 14.7. The molecule has 0 spiro atoms. The van der Waals surface area contributed by atoms with Crippen LogP contribution >= 0.6 is 11.9 Å². The van der Waals surface area contributed by atoms with Crippen LogP contribution in [0.25, 0.3) is 11.1 Å². The van der Waals surface area contributed by atoms with E-state index < -0.39 is 0 Å². The maximum atomic E-state index is 10.2. The molecule has 2 aromatic rings. The molecule has 0 atom stereocenters. The van der Waals surface area contributed by atoms with Gasteiger partial charge in [-0.3, -0.25) is 10.0 Å². The van der Waals surface area contributed by atoms with Crippen molar-refractivity contribution in [2.75, 3.05) is 13.1 Å². The first kappa shape index (κ1) is 14.4. The number of rotatable bonds is 4. The van der Waals surface area contributed by atoms with Crippen molar-refractivity contribution in [1.82, 2.24) is 4.90 Å². The van der Waals surface area contributed by atoms with Crippen molar-refractivity contribution in [3.05, 3.63) is 48.0 Å². The summed E-state index contributed by atoms with van der Waals surface area (Å²) in [6.07, 6.45) is 2.61. The second kappa shape index (κ2) is 6.52. The van der Waals surface area contributed by atoms with Crippen LogP contribution in [0.1, 0.15) is 18.4 Å². The number of nitrogens with two attached hydrogens (primary N) is 1. The minimum Gasteiger partial charge on any atom is -0.507 e. The van der Waals surface area contributed by atoms with Crippen LogP contribution in [-0.4, -0.2) is 23.1 Å². The summed E-state index contributed by atoms with van der Waals surface area (Å²) in [4.78, 5) is 3.34. The Morgan fingerprint density at radius 1 is 1.10 bits per heavy atom. The lowest BCUT2D eigenvalue weighted by Gasteiger charge is -2.15. The van der Waals surface area contributed by atoms with Gasteiger partial charge in [-0.2, -0.15) is 0 Å². The lowest BCUT2D eigenvalue weighted by Crippen LogP contribution is -2.18. The summed E-state index contributed by atoms with van der Waals surface area (Å²) in [5.74, 6) is 0.281. The van der Waals surface area contributed by atoms with Crippen LogP contribution in [0.15, 0.2) is 47.4 Å². The minimum atomic E-state index is 0.281. The van der Waals surface area contributed by atoms with Gasteiger partial charge < -0.3 is 5.11 Å². The molecule has 3 N–H and O–H groups in total. The molecule has 4 heteroatoms. The Balaban J connectivity index is 1.85. The van der Waals surface area contributed by atoms with Gasteiger partial charge in [0.1, 0.15) is 5.75 Å². The highest BCUT2D eigenvalue weighted by atomic mass is 32.2. The largest absolute Gasteiger partial charge is 0.507 e. The minimum absolute atomic E-state index is 0.281. The number of benzene rings is 2. The molecule has 1 fully saturated rings. The van der Waals surface area contributed by atoms with E-state index in [4.69, 9.17) is 5.14 Å². The SMILES string of the molecule is NSc1ccc(-c2cccc(CN3CCCC3)c2)c(O)c1. The third kappa shape index (κ3) is 3.40. The number of hydrogen-bond acceptors (Lipinski definition) is 4. The Morgan fingerprint density at radius 3 is 2.62 bits per heavy atom.